The molecular weight excluding hydrogens is 270 g/mol. The molecule has 0 saturated carbocycles. The smallest absolute Gasteiger partial charge is 0.222 e. The molecule has 0 amide bonds. The Hall–Kier alpha value is -1.94. The molecule has 2 rings (SSSR count). The highest BCUT2D eigenvalue weighted by atomic mass is 32.1. The first-order chi connectivity index (χ1) is 9.38. The van der Waals surface area contributed by atoms with Crippen molar-refractivity contribution in [3.05, 3.63) is 46.3 Å². The van der Waals surface area contributed by atoms with Crippen LogP contribution >= 0.6 is 11.3 Å². The number of Topliss-reactive ketones (excluding diaryl/α,β-unsaturated/α-hetero) is 1. The molecule has 0 unspecified atom stereocenters. The summed E-state index contributed by atoms with van der Waals surface area (Å²) in [5.41, 5.74) is 0.978. The Kier molecular flexibility index (Phi) is 4.04. The Morgan fingerprint density at radius 3 is 2.40 bits per heavy atom. The van der Waals surface area contributed by atoms with Crippen molar-refractivity contribution >= 4 is 28.8 Å². The molecule has 2 aromatic rings. The minimum absolute atomic E-state index is 0.00991. The molecule has 104 valence electrons. The van der Waals surface area contributed by atoms with Crippen LogP contribution in [0.3, 0.4) is 0 Å². The number of ketones is 1. The fourth-order valence-corrected chi connectivity index (χ4v) is 2.43. The van der Waals surface area contributed by atoms with Crippen molar-refractivity contribution in [3.8, 4) is 5.88 Å². The number of aromatic nitrogens is 1. The SMILES string of the molecule is CC(C)(C)C(=O)/C(=C/c1ccccc1)c1nc(O)cs1. The van der Waals surface area contributed by atoms with Gasteiger partial charge in [0.15, 0.2) is 5.78 Å². The zero-order valence-corrected chi connectivity index (χ0v) is 12.6. The Bertz CT molecular complexity index is 636. The van der Waals surface area contributed by atoms with Crippen LogP contribution in [0.1, 0.15) is 31.3 Å². The van der Waals surface area contributed by atoms with Crippen molar-refractivity contribution in [2.75, 3.05) is 0 Å². The summed E-state index contributed by atoms with van der Waals surface area (Å²) in [6.45, 7) is 5.63. The van der Waals surface area contributed by atoms with Gasteiger partial charge in [-0.2, -0.15) is 0 Å². The predicted molar refractivity (Wildman–Crippen MR) is 82.6 cm³/mol. The van der Waals surface area contributed by atoms with Crippen LogP contribution in [0.4, 0.5) is 0 Å². The van der Waals surface area contributed by atoms with Crippen LogP contribution in [0.5, 0.6) is 5.88 Å². The quantitative estimate of drug-likeness (QED) is 0.868. The van der Waals surface area contributed by atoms with Gasteiger partial charge in [0.05, 0.1) is 11.0 Å². The molecule has 0 atom stereocenters. The van der Waals surface area contributed by atoms with E-state index in [0.717, 1.165) is 5.56 Å². The molecule has 1 aromatic carbocycles. The maximum atomic E-state index is 12.6. The Balaban J connectivity index is 2.50. The minimum atomic E-state index is -0.498. The average Bonchev–Trinajstić information content (AvgIpc) is 2.82. The normalized spacial score (nSPS) is 12.4. The molecule has 20 heavy (non-hydrogen) atoms. The molecule has 0 saturated heterocycles. The molecule has 0 radical (unpaired) electrons. The van der Waals surface area contributed by atoms with Gasteiger partial charge >= 0.3 is 0 Å². The lowest BCUT2D eigenvalue weighted by Crippen LogP contribution is -2.21. The number of allylic oxidation sites excluding steroid dienone is 1. The van der Waals surface area contributed by atoms with Gasteiger partial charge in [0, 0.05) is 5.41 Å². The van der Waals surface area contributed by atoms with E-state index in [0.29, 0.717) is 10.6 Å². The van der Waals surface area contributed by atoms with E-state index in [9.17, 15) is 9.90 Å². The van der Waals surface area contributed by atoms with Crippen molar-refractivity contribution in [2.45, 2.75) is 20.8 Å². The second-order valence-electron chi connectivity index (χ2n) is 5.56. The van der Waals surface area contributed by atoms with E-state index >= 15 is 0 Å². The first kappa shape index (κ1) is 14.5. The van der Waals surface area contributed by atoms with Gasteiger partial charge in [-0.3, -0.25) is 4.79 Å². The summed E-state index contributed by atoms with van der Waals surface area (Å²) in [6, 6.07) is 9.64. The van der Waals surface area contributed by atoms with Gasteiger partial charge < -0.3 is 5.11 Å². The molecule has 0 aliphatic heterocycles. The number of thiazole rings is 1. The van der Waals surface area contributed by atoms with Crippen molar-refractivity contribution < 1.29 is 9.90 Å². The lowest BCUT2D eigenvalue weighted by atomic mass is 9.86. The van der Waals surface area contributed by atoms with Crippen molar-refractivity contribution in [3.63, 3.8) is 0 Å². The Morgan fingerprint density at radius 2 is 1.90 bits per heavy atom. The number of carbonyl (C=O) groups is 1. The molecular formula is C16H17NO2S. The molecule has 4 heteroatoms. The summed E-state index contributed by atoms with van der Waals surface area (Å²) < 4.78 is 0. The van der Waals surface area contributed by atoms with Crippen LogP contribution < -0.4 is 0 Å². The number of rotatable bonds is 3. The number of hydrogen-bond donors (Lipinski definition) is 1. The Morgan fingerprint density at radius 1 is 1.25 bits per heavy atom. The zero-order chi connectivity index (χ0) is 14.8. The number of benzene rings is 1. The molecule has 1 N–H and O–H groups in total. The van der Waals surface area contributed by atoms with Crippen molar-refractivity contribution in [2.24, 2.45) is 5.41 Å². The summed E-state index contributed by atoms with van der Waals surface area (Å²) in [7, 11) is 0. The van der Waals surface area contributed by atoms with E-state index in [1.54, 1.807) is 0 Å². The van der Waals surface area contributed by atoms with Gasteiger partial charge in [0.2, 0.25) is 5.88 Å². The molecule has 0 aliphatic carbocycles. The lowest BCUT2D eigenvalue weighted by molar-refractivity contribution is -0.120. The molecule has 0 spiro atoms. The van der Waals surface area contributed by atoms with Crippen LogP contribution in [0.15, 0.2) is 35.7 Å². The van der Waals surface area contributed by atoms with Gasteiger partial charge in [0.1, 0.15) is 5.01 Å². The number of nitrogens with zero attached hydrogens (tertiary/aromatic N) is 1. The minimum Gasteiger partial charge on any atom is -0.493 e. The van der Waals surface area contributed by atoms with E-state index in [1.165, 1.54) is 16.7 Å². The average molecular weight is 287 g/mol. The second-order valence-corrected chi connectivity index (χ2v) is 6.42. The lowest BCUT2D eigenvalue weighted by Gasteiger charge is -2.17. The third-order valence-corrected chi connectivity index (χ3v) is 3.62. The fraction of sp³-hybridized carbons (Fsp3) is 0.250. The molecule has 1 aromatic heterocycles. The van der Waals surface area contributed by atoms with E-state index in [-0.39, 0.29) is 11.7 Å². The van der Waals surface area contributed by atoms with Gasteiger partial charge in [0.25, 0.3) is 0 Å². The van der Waals surface area contributed by atoms with Crippen molar-refractivity contribution in [1.29, 1.82) is 0 Å². The maximum Gasteiger partial charge on any atom is 0.222 e. The summed E-state index contributed by atoms with van der Waals surface area (Å²) in [5.74, 6) is -0.0404. The predicted octanol–water partition coefficient (Wildman–Crippen LogP) is 4.00. The van der Waals surface area contributed by atoms with Gasteiger partial charge in [-0.05, 0) is 11.6 Å². The van der Waals surface area contributed by atoms with E-state index in [2.05, 4.69) is 4.98 Å². The van der Waals surface area contributed by atoms with E-state index in [4.69, 9.17) is 0 Å². The highest BCUT2D eigenvalue weighted by molar-refractivity contribution is 7.11. The highest BCUT2D eigenvalue weighted by Crippen LogP contribution is 2.31. The zero-order valence-electron chi connectivity index (χ0n) is 11.8. The van der Waals surface area contributed by atoms with Gasteiger partial charge in [-0.25, -0.2) is 4.98 Å². The van der Waals surface area contributed by atoms with E-state index in [1.807, 2.05) is 57.2 Å². The number of aromatic hydroxyl groups is 1. The van der Waals surface area contributed by atoms with E-state index < -0.39 is 5.41 Å². The van der Waals surface area contributed by atoms with Crippen LogP contribution in [0.2, 0.25) is 0 Å². The maximum absolute atomic E-state index is 12.6. The summed E-state index contributed by atoms with van der Waals surface area (Å²) in [6.07, 6.45) is 1.83. The first-order valence-corrected chi connectivity index (χ1v) is 7.22. The largest absolute Gasteiger partial charge is 0.493 e. The topological polar surface area (TPSA) is 50.2 Å². The van der Waals surface area contributed by atoms with Crippen molar-refractivity contribution in [1.82, 2.24) is 4.98 Å². The second kappa shape index (κ2) is 5.59. The molecule has 3 nitrogen and oxygen atoms in total. The third-order valence-electron chi connectivity index (χ3n) is 2.76. The van der Waals surface area contributed by atoms with Crippen LogP contribution in [0.25, 0.3) is 11.6 Å². The fourth-order valence-electron chi connectivity index (χ4n) is 1.73. The third kappa shape index (κ3) is 3.33. The van der Waals surface area contributed by atoms with Crippen LogP contribution in [-0.4, -0.2) is 15.9 Å². The molecule has 1 heterocycles. The summed E-state index contributed by atoms with van der Waals surface area (Å²) >= 11 is 1.27. The standard InChI is InChI=1S/C16H17NO2S/c1-16(2,3)14(19)12(15-17-13(18)10-20-15)9-11-7-5-4-6-8-11/h4-10,18H,1-3H3/b12-9-. The number of hydrogen-bond acceptors (Lipinski definition) is 4. The highest BCUT2D eigenvalue weighted by Gasteiger charge is 2.27. The summed E-state index contributed by atoms with van der Waals surface area (Å²) in [4.78, 5) is 16.6. The van der Waals surface area contributed by atoms with Gasteiger partial charge in [-0.1, -0.05) is 51.1 Å². The monoisotopic (exact) mass is 287 g/mol. The molecule has 0 fully saturated rings. The molecule has 0 bridgehead atoms. The van der Waals surface area contributed by atoms with Crippen LogP contribution in [-0.2, 0) is 4.79 Å². The van der Waals surface area contributed by atoms with Gasteiger partial charge in [-0.15, -0.1) is 11.3 Å². The summed E-state index contributed by atoms with van der Waals surface area (Å²) in [5, 5.41) is 11.5. The molecule has 0 aliphatic rings. The first-order valence-electron chi connectivity index (χ1n) is 6.34. The number of carbonyl (C=O) groups excluding carboxylic acids is 1. The van der Waals surface area contributed by atoms with Crippen LogP contribution in [0, 0.1) is 5.41 Å². The Labute approximate surface area is 122 Å².